The Morgan fingerprint density at radius 2 is 2.25 bits per heavy atom. The highest BCUT2D eigenvalue weighted by Gasteiger charge is 2.20. The number of halogens is 1. The monoisotopic (exact) mass is 344 g/mol. The predicted octanol–water partition coefficient (Wildman–Crippen LogP) is 1.88. The maximum Gasteiger partial charge on any atom is 0.311 e. The second-order valence-corrected chi connectivity index (χ2v) is 5.59. The molecule has 1 N–H and O–H groups in total. The molecular weight excluding hydrogens is 328 g/mol. The Balaban J connectivity index is 2.03. The number of aromatic nitrogens is 1. The maximum absolute atomic E-state index is 11.0. The minimum absolute atomic E-state index is 0.0202. The van der Waals surface area contributed by atoms with Gasteiger partial charge < -0.3 is 10.1 Å². The third-order valence-corrected chi connectivity index (χ3v) is 3.70. The molecule has 1 unspecified atom stereocenters. The molecule has 0 aromatic carbocycles. The first kappa shape index (κ1) is 15.1. The Morgan fingerprint density at radius 3 is 2.90 bits per heavy atom. The Kier molecular flexibility index (Phi) is 5.27. The molecule has 0 radical (unpaired) electrons. The zero-order valence-electron chi connectivity index (χ0n) is 11.2. The lowest BCUT2D eigenvalue weighted by atomic mass is 10.2. The first-order valence-corrected chi connectivity index (χ1v) is 7.21. The van der Waals surface area contributed by atoms with Gasteiger partial charge in [-0.3, -0.25) is 20.0 Å². The zero-order chi connectivity index (χ0) is 14.5. The summed E-state index contributed by atoms with van der Waals surface area (Å²) < 4.78 is 5.90. The number of hydrogen-bond donors (Lipinski definition) is 1. The summed E-state index contributed by atoms with van der Waals surface area (Å²) in [4.78, 5) is 16.7. The minimum Gasteiger partial charge on any atom is -0.379 e. The molecule has 2 heterocycles. The van der Waals surface area contributed by atoms with E-state index in [4.69, 9.17) is 4.74 Å². The number of anilines is 1. The number of ether oxygens (including phenoxy) is 1. The van der Waals surface area contributed by atoms with Gasteiger partial charge in [0.2, 0.25) is 0 Å². The van der Waals surface area contributed by atoms with Crippen LogP contribution in [0.25, 0.3) is 0 Å². The van der Waals surface area contributed by atoms with E-state index in [1.807, 2.05) is 6.92 Å². The van der Waals surface area contributed by atoms with Gasteiger partial charge in [0.05, 0.1) is 22.6 Å². The number of pyridine rings is 1. The fourth-order valence-electron chi connectivity index (χ4n) is 2.17. The van der Waals surface area contributed by atoms with Crippen LogP contribution in [0.4, 0.5) is 11.4 Å². The number of hydrogen-bond acceptors (Lipinski definition) is 6. The Labute approximate surface area is 125 Å². The van der Waals surface area contributed by atoms with Crippen LogP contribution >= 0.6 is 15.9 Å². The number of nitrogens with zero attached hydrogens (tertiary/aromatic N) is 3. The van der Waals surface area contributed by atoms with E-state index in [9.17, 15) is 10.1 Å². The standard InChI is InChI=1S/C12H17BrN4O3/c1-9(8-16-2-4-20-5-3-16)15-12-10(13)6-14-7-11(12)17(18)19/h6-7,9H,2-5,8H2,1H3,(H,14,15). The largest absolute Gasteiger partial charge is 0.379 e. The first-order chi connectivity index (χ1) is 9.58. The van der Waals surface area contributed by atoms with Crippen molar-refractivity contribution in [2.75, 3.05) is 38.2 Å². The summed E-state index contributed by atoms with van der Waals surface area (Å²) in [5, 5.41) is 14.2. The summed E-state index contributed by atoms with van der Waals surface area (Å²) in [6.45, 7) is 6.09. The van der Waals surface area contributed by atoms with Crippen molar-refractivity contribution in [3.05, 3.63) is 27.0 Å². The lowest BCUT2D eigenvalue weighted by molar-refractivity contribution is -0.384. The smallest absolute Gasteiger partial charge is 0.311 e. The van der Waals surface area contributed by atoms with Crippen molar-refractivity contribution in [1.82, 2.24) is 9.88 Å². The summed E-state index contributed by atoms with van der Waals surface area (Å²) in [7, 11) is 0. The second-order valence-electron chi connectivity index (χ2n) is 4.73. The molecule has 7 nitrogen and oxygen atoms in total. The number of morpholine rings is 1. The van der Waals surface area contributed by atoms with Crippen molar-refractivity contribution in [1.29, 1.82) is 0 Å². The highest BCUT2D eigenvalue weighted by Crippen LogP contribution is 2.31. The maximum atomic E-state index is 11.0. The molecule has 1 atom stereocenters. The highest BCUT2D eigenvalue weighted by atomic mass is 79.9. The van der Waals surface area contributed by atoms with Crippen LogP contribution in [0.1, 0.15) is 6.92 Å². The molecule has 2 rings (SSSR count). The fraction of sp³-hybridized carbons (Fsp3) is 0.583. The quantitative estimate of drug-likeness (QED) is 0.648. The van der Waals surface area contributed by atoms with Crippen LogP contribution < -0.4 is 5.32 Å². The molecule has 1 aromatic rings. The number of nitro groups is 1. The summed E-state index contributed by atoms with van der Waals surface area (Å²) in [5.74, 6) is 0. The molecule has 8 heteroatoms. The van der Waals surface area contributed by atoms with Crippen LogP contribution in [0.2, 0.25) is 0 Å². The summed E-state index contributed by atoms with van der Waals surface area (Å²) in [5.41, 5.74) is 0.457. The Morgan fingerprint density at radius 1 is 1.55 bits per heavy atom. The van der Waals surface area contributed by atoms with Gasteiger partial charge in [-0.05, 0) is 22.9 Å². The second kappa shape index (κ2) is 6.96. The summed E-state index contributed by atoms with van der Waals surface area (Å²) in [6.07, 6.45) is 2.81. The average Bonchev–Trinajstić information content (AvgIpc) is 2.42. The minimum atomic E-state index is -0.429. The molecule has 0 spiro atoms. The van der Waals surface area contributed by atoms with E-state index in [-0.39, 0.29) is 11.7 Å². The molecule has 1 aromatic heterocycles. The zero-order valence-corrected chi connectivity index (χ0v) is 12.8. The van der Waals surface area contributed by atoms with E-state index in [1.54, 1.807) is 6.20 Å². The van der Waals surface area contributed by atoms with Gasteiger partial charge >= 0.3 is 5.69 Å². The van der Waals surface area contributed by atoms with Crippen LogP contribution in [0.15, 0.2) is 16.9 Å². The van der Waals surface area contributed by atoms with Crippen molar-refractivity contribution < 1.29 is 9.66 Å². The number of rotatable bonds is 5. The van der Waals surface area contributed by atoms with Crippen molar-refractivity contribution in [2.24, 2.45) is 0 Å². The van der Waals surface area contributed by atoms with Crippen LogP contribution in [0.5, 0.6) is 0 Å². The lowest BCUT2D eigenvalue weighted by Gasteiger charge is -2.29. The van der Waals surface area contributed by atoms with Crippen LogP contribution in [0, 0.1) is 10.1 Å². The van der Waals surface area contributed by atoms with Crippen molar-refractivity contribution in [3.63, 3.8) is 0 Å². The molecule has 1 aliphatic rings. The molecule has 1 fully saturated rings. The van der Waals surface area contributed by atoms with Crippen molar-refractivity contribution in [3.8, 4) is 0 Å². The molecule has 1 aliphatic heterocycles. The van der Waals surface area contributed by atoms with Gasteiger partial charge in [0.25, 0.3) is 0 Å². The van der Waals surface area contributed by atoms with Gasteiger partial charge in [-0.15, -0.1) is 0 Å². The molecular formula is C12H17BrN4O3. The molecule has 1 saturated heterocycles. The van der Waals surface area contributed by atoms with Crippen LogP contribution in [-0.2, 0) is 4.74 Å². The molecule has 110 valence electrons. The normalized spacial score (nSPS) is 17.7. The third-order valence-electron chi connectivity index (χ3n) is 3.10. The van der Waals surface area contributed by atoms with Gasteiger partial charge in [0, 0.05) is 31.9 Å². The van der Waals surface area contributed by atoms with Gasteiger partial charge in [-0.25, -0.2) is 0 Å². The molecule has 20 heavy (non-hydrogen) atoms. The molecule has 0 saturated carbocycles. The Bertz CT molecular complexity index is 480. The molecule has 0 aliphatic carbocycles. The van der Waals surface area contributed by atoms with E-state index in [0.29, 0.717) is 10.2 Å². The van der Waals surface area contributed by atoms with Crippen molar-refractivity contribution in [2.45, 2.75) is 13.0 Å². The third kappa shape index (κ3) is 3.87. The topological polar surface area (TPSA) is 80.5 Å². The van der Waals surface area contributed by atoms with Gasteiger partial charge in [-0.2, -0.15) is 0 Å². The van der Waals surface area contributed by atoms with Crippen molar-refractivity contribution >= 4 is 27.3 Å². The average molecular weight is 345 g/mol. The van der Waals surface area contributed by atoms with Crippen LogP contribution in [0.3, 0.4) is 0 Å². The van der Waals surface area contributed by atoms with E-state index < -0.39 is 4.92 Å². The van der Waals surface area contributed by atoms with Gasteiger partial charge in [0.15, 0.2) is 0 Å². The van der Waals surface area contributed by atoms with Gasteiger partial charge in [-0.1, -0.05) is 0 Å². The Hall–Kier alpha value is -1.25. The van der Waals surface area contributed by atoms with Crippen LogP contribution in [-0.4, -0.2) is 53.7 Å². The van der Waals surface area contributed by atoms with E-state index >= 15 is 0 Å². The number of nitrogens with one attached hydrogen (secondary N) is 1. The summed E-state index contributed by atoms with van der Waals surface area (Å²) >= 11 is 3.31. The molecule has 0 bridgehead atoms. The van der Waals surface area contributed by atoms with E-state index in [2.05, 4.69) is 31.1 Å². The predicted molar refractivity (Wildman–Crippen MR) is 78.9 cm³/mol. The van der Waals surface area contributed by atoms with Gasteiger partial charge in [0.1, 0.15) is 11.9 Å². The summed E-state index contributed by atoms with van der Waals surface area (Å²) in [6, 6.07) is 0.0884. The highest BCUT2D eigenvalue weighted by molar-refractivity contribution is 9.10. The fourth-order valence-corrected chi connectivity index (χ4v) is 2.60. The SMILES string of the molecule is CC(CN1CCOCC1)Nc1c(Br)cncc1[N+](=O)[O-]. The molecule has 0 amide bonds. The van der Waals surface area contributed by atoms with E-state index in [0.717, 1.165) is 32.8 Å². The first-order valence-electron chi connectivity index (χ1n) is 6.42. The lowest BCUT2D eigenvalue weighted by Crippen LogP contribution is -2.42. The van der Waals surface area contributed by atoms with E-state index in [1.165, 1.54) is 6.20 Å².